The van der Waals surface area contributed by atoms with Gasteiger partial charge in [0.15, 0.2) is 0 Å². The number of carbonyl (C=O) groups excluding carboxylic acids is 1. The summed E-state index contributed by atoms with van der Waals surface area (Å²) in [4.78, 5) is 27.4. The van der Waals surface area contributed by atoms with Gasteiger partial charge in [0.05, 0.1) is 5.92 Å². The van der Waals surface area contributed by atoms with Gasteiger partial charge in [-0.25, -0.2) is 4.79 Å². The number of hydrogen-bond acceptors (Lipinski definition) is 3. The first-order valence-electron chi connectivity index (χ1n) is 7.43. The molecule has 2 fully saturated rings. The fraction of sp³-hybridized carbons (Fsp3) is 0.857. The number of amides is 2. The zero-order valence-electron chi connectivity index (χ0n) is 12.3. The Labute approximate surface area is 120 Å². The molecule has 20 heavy (non-hydrogen) atoms. The molecule has 2 amide bonds. The maximum Gasteiger partial charge on any atom is 0.317 e. The highest BCUT2D eigenvalue weighted by Crippen LogP contribution is 2.25. The quantitative estimate of drug-likeness (QED) is 0.809. The third-order valence-corrected chi connectivity index (χ3v) is 4.57. The highest BCUT2D eigenvalue weighted by Gasteiger charge is 2.34. The van der Waals surface area contributed by atoms with Gasteiger partial charge in [-0.2, -0.15) is 0 Å². The lowest BCUT2D eigenvalue weighted by Gasteiger charge is -2.31. The number of likely N-dealkylation sites (tertiary alicyclic amines) is 1. The van der Waals surface area contributed by atoms with E-state index < -0.39 is 11.9 Å². The molecule has 3 unspecified atom stereocenters. The minimum absolute atomic E-state index is 0.104. The number of likely N-dealkylation sites (N-methyl/N-ethyl adjacent to an activating group) is 1. The fourth-order valence-electron chi connectivity index (χ4n) is 3.20. The summed E-state index contributed by atoms with van der Waals surface area (Å²) in [5.41, 5.74) is 0. The van der Waals surface area contributed by atoms with Gasteiger partial charge in [-0.15, -0.1) is 0 Å². The van der Waals surface area contributed by atoms with Crippen LogP contribution in [0.3, 0.4) is 0 Å². The second kappa shape index (κ2) is 6.43. The Morgan fingerprint density at radius 2 is 1.90 bits per heavy atom. The van der Waals surface area contributed by atoms with Crippen molar-refractivity contribution in [3.63, 3.8) is 0 Å². The van der Waals surface area contributed by atoms with Crippen LogP contribution in [0.25, 0.3) is 0 Å². The predicted molar refractivity (Wildman–Crippen MR) is 75.6 cm³/mol. The topological polar surface area (TPSA) is 72.9 Å². The SMILES string of the molecule is CN(C)C1CCN(C(=O)NC2CCCCC2C(=O)O)C1. The number of nitrogens with one attached hydrogen (secondary N) is 1. The number of urea groups is 1. The molecular formula is C14H25N3O3. The lowest BCUT2D eigenvalue weighted by atomic mass is 9.84. The van der Waals surface area contributed by atoms with Gasteiger partial charge in [0.2, 0.25) is 0 Å². The van der Waals surface area contributed by atoms with Crippen LogP contribution < -0.4 is 5.32 Å². The molecular weight excluding hydrogens is 258 g/mol. The van der Waals surface area contributed by atoms with Crippen LogP contribution in [-0.4, -0.2) is 66.2 Å². The summed E-state index contributed by atoms with van der Waals surface area (Å²) in [6.07, 6.45) is 4.35. The highest BCUT2D eigenvalue weighted by atomic mass is 16.4. The first kappa shape index (κ1) is 15.1. The summed E-state index contributed by atoms with van der Waals surface area (Å²) in [5, 5.41) is 12.2. The van der Waals surface area contributed by atoms with Crippen molar-refractivity contribution in [3.8, 4) is 0 Å². The molecule has 1 aliphatic carbocycles. The minimum Gasteiger partial charge on any atom is -0.481 e. The van der Waals surface area contributed by atoms with Crippen molar-refractivity contribution in [2.24, 2.45) is 5.92 Å². The van der Waals surface area contributed by atoms with Crippen LogP contribution in [0.5, 0.6) is 0 Å². The Morgan fingerprint density at radius 3 is 2.50 bits per heavy atom. The molecule has 0 bridgehead atoms. The highest BCUT2D eigenvalue weighted by molar-refractivity contribution is 5.77. The maximum atomic E-state index is 12.3. The summed E-state index contributed by atoms with van der Waals surface area (Å²) >= 11 is 0. The molecule has 0 aromatic carbocycles. The molecule has 0 aromatic heterocycles. The van der Waals surface area contributed by atoms with Gasteiger partial charge >= 0.3 is 12.0 Å². The molecule has 1 saturated heterocycles. The number of hydrogen-bond donors (Lipinski definition) is 2. The van der Waals surface area contributed by atoms with Crippen LogP contribution in [-0.2, 0) is 4.79 Å². The van der Waals surface area contributed by atoms with Gasteiger partial charge in [0.1, 0.15) is 0 Å². The van der Waals surface area contributed by atoms with E-state index in [9.17, 15) is 14.7 Å². The average molecular weight is 283 g/mol. The zero-order chi connectivity index (χ0) is 14.7. The van der Waals surface area contributed by atoms with E-state index in [4.69, 9.17) is 0 Å². The number of carboxylic acids is 1. The van der Waals surface area contributed by atoms with Gasteiger partial charge in [-0.3, -0.25) is 4.79 Å². The Balaban J connectivity index is 1.89. The molecule has 1 heterocycles. The van der Waals surface area contributed by atoms with Crippen LogP contribution in [0.4, 0.5) is 4.79 Å². The van der Waals surface area contributed by atoms with E-state index in [2.05, 4.69) is 10.2 Å². The minimum atomic E-state index is -0.789. The van der Waals surface area contributed by atoms with E-state index >= 15 is 0 Å². The second-order valence-corrected chi connectivity index (χ2v) is 6.14. The summed E-state index contributed by atoms with van der Waals surface area (Å²) in [6.45, 7) is 1.47. The van der Waals surface area contributed by atoms with Crippen molar-refractivity contribution in [3.05, 3.63) is 0 Å². The molecule has 6 heteroatoms. The first-order chi connectivity index (χ1) is 9.49. The first-order valence-corrected chi connectivity index (χ1v) is 7.43. The van der Waals surface area contributed by atoms with Gasteiger partial charge in [0.25, 0.3) is 0 Å². The third-order valence-electron chi connectivity index (χ3n) is 4.57. The molecule has 2 aliphatic rings. The Morgan fingerprint density at radius 1 is 1.20 bits per heavy atom. The second-order valence-electron chi connectivity index (χ2n) is 6.14. The van der Waals surface area contributed by atoms with E-state index in [0.717, 1.165) is 38.8 Å². The molecule has 2 N–H and O–H groups in total. The van der Waals surface area contributed by atoms with Crippen LogP contribution in [0.2, 0.25) is 0 Å². The van der Waals surface area contributed by atoms with Crippen LogP contribution in [0, 0.1) is 5.92 Å². The monoisotopic (exact) mass is 283 g/mol. The van der Waals surface area contributed by atoms with Crippen molar-refractivity contribution in [1.82, 2.24) is 15.1 Å². The van der Waals surface area contributed by atoms with Gasteiger partial charge in [0, 0.05) is 25.2 Å². The van der Waals surface area contributed by atoms with Crippen LogP contribution in [0.15, 0.2) is 0 Å². The summed E-state index contributed by atoms with van der Waals surface area (Å²) in [6, 6.07) is 0.0852. The van der Waals surface area contributed by atoms with E-state index in [0.29, 0.717) is 12.5 Å². The van der Waals surface area contributed by atoms with Gasteiger partial charge in [-0.1, -0.05) is 12.8 Å². The van der Waals surface area contributed by atoms with E-state index in [1.807, 2.05) is 14.1 Å². The number of carbonyl (C=O) groups is 2. The van der Waals surface area contributed by atoms with E-state index in [-0.39, 0.29) is 12.1 Å². The number of nitrogens with zero attached hydrogens (tertiary/aromatic N) is 2. The molecule has 114 valence electrons. The van der Waals surface area contributed by atoms with Crippen molar-refractivity contribution < 1.29 is 14.7 Å². The standard InChI is InChI=1S/C14H25N3O3/c1-16(2)10-7-8-17(9-10)14(20)15-12-6-4-3-5-11(12)13(18)19/h10-12H,3-9H2,1-2H3,(H,15,20)(H,18,19). The molecule has 1 saturated carbocycles. The summed E-state index contributed by atoms with van der Waals surface area (Å²) < 4.78 is 0. The van der Waals surface area contributed by atoms with E-state index in [1.165, 1.54) is 0 Å². The molecule has 6 nitrogen and oxygen atoms in total. The molecule has 0 radical (unpaired) electrons. The molecule has 3 atom stereocenters. The predicted octanol–water partition coefficient (Wildman–Crippen LogP) is 0.975. The zero-order valence-corrected chi connectivity index (χ0v) is 12.3. The summed E-state index contributed by atoms with van der Waals surface area (Å²) in [7, 11) is 4.04. The van der Waals surface area contributed by atoms with Gasteiger partial charge < -0.3 is 20.2 Å². The number of rotatable bonds is 3. The third kappa shape index (κ3) is 3.42. The Kier molecular flexibility index (Phi) is 4.86. The van der Waals surface area contributed by atoms with E-state index in [1.54, 1.807) is 4.90 Å². The Hall–Kier alpha value is -1.30. The molecule has 1 aliphatic heterocycles. The molecule has 0 spiro atoms. The van der Waals surface area contributed by atoms with Crippen molar-refractivity contribution >= 4 is 12.0 Å². The summed E-state index contributed by atoms with van der Waals surface area (Å²) in [5.74, 6) is -1.22. The number of carboxylic acid groups (broad SMARTS) is 1. The van der Waals surface area contributed by atoms with Crippen molar-refractivity contribution in [2.75, 3.05) is 27.2 Å². The lowest BCUT2D eigenvalue weighted by Crippen LogP contribution is -2.50. The van der Waals surface area contributed by atoms with Crippen molar-refractivity contribution in [2.45, 2.75) is 44.2 Å². The normalized spacial score (nSPS) is 30.6. The lowest BCUT2D eigenvalue weighted by molar-refractivity contribution is -0.143. The number of aliphatic carboxylic acids is 1. The maximum absolute atomic E-state index is 12.3. The van der Waals surface area contributed by atoms with Crippen LogP contribution >= 0.6 is 0 Å². The van der Waals surface area contributed by atoms with Gasteiger partial charge in [-0.05, 0) is 33.4 Å². The Bertz CT molecular complexity index is 373. The smallest absolute Gasteiger partial charge is 0.317 e. The fourth-order valence-corrected chi connectivity index (χ4v) is 3.20. The largest absolute Gasteiger partial charge is 0.481 e. The van der Waals surface area contributed by atoms with Crippen LogP contribution in [0.1, 0.15) is 32.1 Å². The molecule has 0 aromatic rings. The molecule has 2 rings (SSSR count). The van der Waals surface area contributed by atoms with Crippen molar-refractivity contribution in [1.29, 1.82) is 0 Å². The average Bonchev–Trinajstić information content (AvgIpc) is 2.89.